The smallest absolute Gasteiger partial charge is 0.256 e. The first-order valence-corrected chi connectivity index (χ1v) is 9.67. The Morgan fingerprint density at radius 3 is 1.77 bits per heavy atom. The van der Waals surface area contributed by atoms with Crippen LogP contribution in [0.5, 0.6) is 0 Å². The molecular weight excluding hydrogens is 468 g/mol. The lowest BCUT2D eigenvalue weighted by Gasteiger charge is -2.04. The molecule has 0 spiro atoms. The third kappa shape index (κ3) is 8.79. The van der Waals surface area contributed by atoms with Crippen LogP contribution in [-0.4, -0.2) is 45.0 Å². The van der Waals surface area contributed by atoms with Crippen molar-refractivity contribution in [3.05, 3.63) is 68.7 Å². The van der Waals surface area contributed by atoms with Crippen molar-refractivity contribution in [3.63, 3.8) is 0 Å². The average molecular weight is 491 g/mol. The lowest BCUT2D eigenvalue weighted by atomic mass is 10.1. The van der Waals surface area contributed by atoms with Gasteiger partial charge in [-0.2, -0.15) is 0 Å². The Kier molecular flexibility index (Phi) is 11.2. The second kappa shape index (κ2) is 13.6. The highest BCUT2D eigenvalue weighted by Crippen LogP contribution is 2.15. The molecule has 164 valence electrons. The molecule has 31 heavy (non-hydrogen) atoms. The summed E-state index contributed by atoms with van der Waals surface area (Å²) in [5.41, 5.74) is 3.27. The molecule has 2 aromatic carbocycles. The maximum atomic E-state index is 11.6. The lowest BCUT2D eigenvalue weighted by molar-refractivity contribution is 0.0967. The highest BCUT2D eigenvalue weighted by molar-refractivity contribution is 9.10. The number of benzene rings is 2. The van der Waals surface area contributed by atoms with E-state index < -0.39 is 0 Å². The van der Waals surface area contributed by atoms with Crippen molar-refractivity contribution >= 4 is 46.7 Å². The van der Waals surface area contributed by atoms with Crippen LogP contribution in [0.25, 0.3) is 0 Å². The lowest BCUT2D eigenvalue weighted by Crippen LogP contribution is -2.22. The van der Waals surface area contributed by atoms with Gasteiger partial charge >= 0.3 is 0 Å². The first-order valence-electron chi connectivity index (χ1n) is 8.87. The minimum absolute atomic E-state index is 0.208. The molecule has 2 aromatic rings. The van der Waals surface area contributed by atoms with Gasteiger partial charge in [-0.1, -0.05) is 32.3 Å². The Labute approximate surface area is 188 Å². The average Bonchev–Trinajstić information content (AvgIpc) is 2.74. The third-order valence-electron chi connectivity index (χ3n) is 3.77. The molecule has 0 bridgehead atoms. The van der Waals surface area contributed by atoms with E-state index in [0.29, 0.717) is 16.7 Å². The second-order valence-corrected chi connectivity index (χ2v) is 6.85. The van der Waals surface area contributed by atoms with Gasteiger partial charge in [0.15, 0.2) is 0 Å². The minimum Gasteiger partial charge on any atom is -0.398 e. The van der Waals surface area contributed by atoms with Gasteiger partial charge in [0, 0.05) is 21.2 Å². The zero-order valence-electron chi connectivity index (χ0n) is 17.5. The van der Waals surface area contributed by atoms with Crippen molar-refractivity contribution in [2.45, 2.75) is 13.8 Å². The topological polar surface area (TPSA) is 118 Å². The molecule has 0 saturated carbocycles. The monoisotopic (exact) mass is 490 g/mol. The van der Waals surface area contributed by atoms with E-state index in [4.69, 9.17) is 0 Å². The third-order valence-corrected chi connectivity index (χ3v) is 4.27. The van der Waals surface area contributed by atoms with E-state index in [-0.39, 0.29) is 11.8 Å². The second-order valence-electron chi connectivity index (χ2n) is 5.93. The number of hydrogen-bond acceptors (Lipinski definition) is 7. The predicted octanol–water partition coefficient (Wildman–Crippen LogP) is 3.20. The number of amides is 2. The van der Waals surface area contributed by atoms with Crippen LogP contribution >= 0.6 is 15.9 Å². The van der Waals surface area contributed by atoms with Gasteiger partial charge in [-0.25, -0.2) is 0 Å². The molecule has 0 aliphatic carbocycles. The fourth-order valence-corrected chi connectivity index (χ4v) is 2.80. The van der Waals surface area contributed by atoms with E-state index in [2.05, 4.69) is 46.6 Å². The van der Waals surface area contributed by atoms with Crippen molar-refractivity contribution in [2.24, 2.45) is 10.3 Å². The van der Waals surface area contributed by atoms with Crippen LogP contribution in [0.1, 0.15) is 42.2 Å². The number of oxime groups is 2. The van der Waals surface area contributed by atoms with Crippen LogP contribution in [0.3, 0.4) is 0 Å². The molecule has 0 fully saturated rings. The van der Waals surface area contributed by atoms with E-state index in [1.165, 1.54) is 20.6 Å². The summed E-state index contributed by atoms with van der Waals surface area (Å²) < 4.78 is 0.946. The van der Waals surface area contributed by atoms with Gasteiger partial charge in [0.25, 0.3) is 11.8 Å². The van der Waals surface area contributed by atoms with Gasteiger partial charge in [-0.05, 0) is 55.3 Å². The largest absolute Gasteiger partial charge is 0.398 e. The fraction of sp³-hybridized carbons (Fsp3) is 0.190. The summed E-state index contributed by atoms with van der Waals surface area (Å²) in [5.74, 6) is -0.503. The van der Waals surface area contributed by atoms with E-state index in [0.717, 1.165) is 28.2 Å². The Balaban J connectivity index is 0.000000311. The molecule has 0 heterocycles. The molecule has 0 aromatic heterocycles. The molecule has 2 amide bonds. The fourth-order valence-electron chi connectivity index (χ4n) is 2.33. The molecule has 0 saturated heterocycles. The zero-order valence-corrected chi connectivity index (χ0v) is 19.1. The molecule has 0 atom stereocenters. The van der Waals surface area contributed by atoms with Gasteiger partial charge in [0.1, 0.15) is 33.2 Å². The Morgan fingerprint density at radius 1 is 0.871 bits per heavy atom. The first-order chi connectivity index (χ1) is 14.8. The number of carbonyl (C=O) groups excluding carboxylic acids is 3. The molecule has 0 aliphatic heterocycles. The maximum Gasteiger partial charge on any atom is 0.256 e. The summed E-state index contributed by atoms with van der Waals surface area (Å²) in [7, 11) is 2.79. The highest BCUT2D eigenvalue weighted by atomic mass is 79.9. The van der Waals surface area contributed by atoms with Gasteiger partial charge < -0.3 is 20.3 Å². The Bertz CT molecular complexity index is 976. The molecule has 0 unspecified atom stereocenters. The van der Waals surface area contributed by atoms with Gasteiger partial charge in [-0.15, -0.1) is 0 Å². The van der Waals surface area contributed by atoms with E-state index in [1.807, 2.05) is 19.1 Å². The summed E-state index contributed by atoms with van der Waals surface area (Å²) in [6, 6.07) is 10.3. The standard InChI is InChI=1S/C11H12N2O3.C10H11BrN2O2/c1-8-5-9(6-14)3-4-10(8)11(15)12-7-13-16-2;1-7-5-8(11)3-4-9(7)10(14)12-6-13-15-2/h3-7H,1-2H3,(H,12,13,15);3-6H,1-2H3,(H,12,13,14). The molecule has 10 heteroatoms. The van der Waals surface area contributed by atoms with Crippen molar-refractivity contribution in [1.82, 2.24) is 10.6 Å². The van der Waals surface area contributed by atoms with Crippen molar-refractivity contribution in [1.29, 1.82) is 0 Å². The zero-order chi connectivity index (χ0) is 23.2. The van der Waals surface area contributed by atoms with Gasteiger partial charge in [0.2, 0.25) is 0 Å². The predicted molar refractivity (Wildman–Crippen MR) is 121 cm³/mol. The minimum atomic E-state index is -0.296. The normalized spacial score (nSPS) is 10.2. The molecular formula is C21H23BrN4O5. The summed E-state index contributed by atoms with van der Waals surface area (Å²) >= 11 is 3.33. The Morgan fingerprint density at radius 2 is 1.35 bits per heavy atom. The van der Waals surface area contributed by atoms with Crippen LogP contribution < -0.4 is 10.6 Å². The Hall–Kier alpha value is -3.53. The van der Waals surface area contributed by atoms with E-state index in [1.54, 1.807) is 31.2 Å². The highest BCUT2D eigenvalue weighted by Gasteiger charge is 2.08. The molecule has 2 N–H and O–H groups in total. The first kappa shape index (κ1) is 25.5. The van der Waals surface area contributed by atoms with Crippen LogP contribution in [0.4, 0.5) is 0 Å². The van der Waals surface area contributed by atoms with Crippen molar-refractivity contribution in [3.8, 4) is 0 Å². The number of hydrogen-bond donors (Lipinski definition) is 2. The number of nitrogens with one attached hydrogen (secondary N) is 2. The summed E-state index contributed by atoms with van der Waals surface area (Å²) in [5, 5.41) is 11.7. The van der Waals surface area contributed by atoms with Crippen LogP contribution in [0.15, 0.2) is 51.2 Å². The van der Waals surface area contributed by atoms with Crippen LogP contribution in [-0.2, 0) is 9.68 Å². The summed E-state index contributed by atoms with van der Waals surface area (Å²) in [6.07, 6.45) is 3.11. The molecule has 9 nitrogen and oxygen atoms in total. The number of halogens is 1. The van der Waals surface area contributed by atoms with E-state index in [9.17, 15) is 14.4 Å². The molecule has 2 rings (SSSR count). The van der Waals surface area contributed by atoms with Gasteiger partial charge in [0.05, 0.1) is 0 Å². The van der Waals surface area contributed by atoms with Crippen LogP contribution in [0.2, 0.25) is 0 Å². The quantitative estimate of drug-likeness (QED) is 0.267. The number of carbonyl (C=O) groups is 3. The van der Waals surface area contributed by atoms with Crippen LogP contribution in [0, 0.1) is 13.8 Å². The maximum absolute atomic E-state index is 11.6. The number of aldehydes is 1. The summed E-state index contributed by atoms with van der Waals surface area (Å²) in [6.45, 7) is 3.63. The summed E-state index contributed by atoms with van der Waals surface area (Å²) in [4.78, 5) is 42.5. The number of nitrogens with zero attached hydrogens (tertiary/aromatic N) is 2. The molecule has 0 aliphatic rings. The van der Waals surface area contributed by atoms with E-state index >= 15 is 0 Å². The molecule has 0 radical (unpaired) electrons. The van der Waals surface area contributed by atoms with Gasteiger partial charge in [-0.3, -0.25) is 14.4 Å². The number of rotatable bonds is 7. The van der Waals surface area contributed by atoms with Crippen molar-refractivity contribution < 1.29 is 24.1 Å². The number of aryl methyl sites for hydroxylation is 2. The van der Waals surface area contributed by atoms with Crippen molar-refractivity contribution in [2.75, 3.05) is 14.2 Å². The SMILES string of the molecule is CON=CNC(=O)c1ccc(Br)cc1C.CON=CNC(=O)c1ccc(C=O)cc1C.